The van der Waals surface area contributed by atoms with Crippen LogP contribution in [0.5, 0.6) is 0 Å². The number of methoxy groups -OCH3 is 2. The Bertz CT molecular complexity index is 930. The van der Waals surface area contributed by atoms with Gasteiger partial charge < -0.3 is 14.2 Å². The molecule has 4 heteroatoms. The van der Waals surface area contributed by atoms with Crippen LogP contribution in [0.25, 0.3) is 16.8 Å². The highest BCUT2D eigenvalue weighted by Gasteiger charge is 2.53. The van der Waals surface area contributed by atoms with Crippen molar-refractivity contribution in [1.29, 1.82) is 0 Å². The summed E-state index contributed by atoms with van der Waals surface area (Å²) >= 11 is 2.50. The van der Waals surface area contributed by atoms with Gasteiger partial charge in [0.25, 0.3) is 0 Å². The molecule has 29 heavy (non-hydrogen) atoms. The van der Waals surface area contributed by atoms with Crippen LogP contribution in [-0.2, 0) is 14.2 Å². The van der Waals surface area contributed by atoms with Crippen molar-refractivity contribution in [3.8, 4) is 0 Å². The van der Waals surface area contributed by atoms with E-state index < -0.39 is 5.79 Å². The molecule has 0 spiro atoms. The zero-order valence-electron chi connectivity index (χ0n) is 16.9. The number of fused-ring (bicyclic) bond motifs is 5. The number of halogens is 1. The lowest BCUT2D eigenvalue weighted by Crippen LogP contribution is -2.54. The molecule has 3 aliphatic rings. The highest BCUT2D eigenvalue weighted by Crippen LogP contribution is 2.53. The second-order valence-electron chi connectivity index (χ2n) is 7.55. The SMILES string of the molecule is C1=CCOC=C1.COC1(OC)C(I)CCC2C=Cc3c(ccc4ccccc34)C21. The van der Waals surface area contributed by atoms with Gasteiger partial charge in [-0.15, -0.1) is 0 Å². The lowest BCUT2D eigenvalue weighted by Gasteiger charge is -2.50. The van der Waals surface area contributed by atoms with Crippen molar-refractivity contribution >= 4 is 39.4 Å². The molecule has 0 bridgehead atoms. The summed E-state index contributed by atoms with van der Waals surface area (Å²) in [7, 11) is 3.58. The molecule has 3 nitrogen and oxygen atoms in total. The van der Waals surface area contributed by atoms with Crippen LogP contribution in [-0.4, -0.2) is 30.5 Å². The third-order valence-corrected chi connectivity index (χ3v) is 7.64. The molecule has 0 N–H and O–H groups in total. The molecule has 2 aromatic rings. The van der Waals surface area contributed by atoms with Crippen molar-refractivity contribution in [1.82, 2.24) is 0 Å². The molecule has 2 aromatic carbocycles. The highest BCUT2D eigenvalue weighted by atomic mass is 127. The van der Waals surface area contributed by atoms with E-state index >= 15 is 0 Å². The van der Waals surface area contributed by atoms with Gasteiger partial charge in [-0.1, -0.05) is 77.2 Å². The van der Waals surface area contributed by atoms with E-state index in [0.717, 1.165) is 13.0 Å². The van der Waals surface area contributed by atoms with Gasteiger partial charge in [0.2, 0.25) is 0 Å². The average Bonchev–Trinajstić information content (AvgIpc) is 2.80. The van der Waals surface area contributed by atoms with E-state index in [-0.39, 0.29) is 5.92 Å². The normalized spacial score (nSPS) is 26.1. The van der Waals surface area contributed by atoms with Crippen LogP contribution in [0.3, 0.4) is 0 Å². The van der Waals surface area contributed by atoms with Gasteiger partial charge in [0, 0.05) is 20.1 Å². The van der Waals surface area contributed by atoms with E-state index in [1.165, 1.54) is 28.3 Å². The number of rotatable bonds is 2. The third-order valence-electron chi connectivity index (χ3n) is 6.15. The van der Waals surface area contributed by atoms with Gasteiger partial charge in [0.15, 0.2) is 5.79 Å². The summed E-state index contributed by atoms with van der Waals surface area (Å²) in [6.45, 7) is 0.733. The maximum Gasteiger partial charge on any atom is 0.186 e. The standard InChI is InChI=1S/C20H21IO2.C5H6O/c1-22-20(23-2)18(21)12-9-14-8-10-16-15-6-4-3-5-13(15)7-11-17(16)19(14)20;1-2-4-6-5-3-1/h3-8,10-11,14,18-19H,9,12H2,1-2H3;1-4H,5H2. The maximum absolute atomic E-state index is 6.01. The van der Waals surface area contributed by atoms with Gasteiger partial charge in [0.05, 0.1) is 10.2 Å². The first-order valence-corrected chi connectivity index (χ1v) is 11.3. The number of alkyl halides is 1. The molecule has 0 radical (unpaired) electrons. The molecule has 1 saturated carbocycles. The minimum atomic E-state index is -0.550. The summed E-state index contributed by atoms with van der Waals surface area (Å²) in [6.07, 6.45) is 14.5. The first kappa shape index (κ1) is 20.6. The van der Waals surface area contributed by atoms with E-state index in [4.69, 9.17) is 14.2 Å². The zero-order valence-corrected chi connectivity index (χ0v) is 19.0. The van der Waals surface area contributed by atoms with Crippen LogP contribution in [0.4, 0.5) is 0 Å². The van der Waals surface area contributed by atoms with Crippen LogP contribution < -0.4 is 0 Å². The smallest absolute Gasteiger partial charge is 0.186 e. The number of hydrogen-bond donors (Lipinski definition) is 0. The molecule has 3 atom stereocenters. The van der Waals surface area contributed by atoms with Crippen molar-refractivity contribution in [3.05, 3.63) is 78.1 Å². The van der Waals surface area contributed by atoms with E-state index in [9.17, 15) is 0 Å². The summed E-state index contributed by atoms with van der Waals surface area (Å²) < 4.78 is 17.2. The molecule has 152 valence electrons. The van der Waals surface area contributed by atoms with Gasteiger partial charge >= 0.3 is 0 Å². The molecule has 0 aromatic heterocycles. The topological polar surface area (TPSA) is 27.7 Å². The molecule has 1 aliphatic heterocycles. The molecule has 3 unspecified atom stereocenters. The quantitative estimate of drug-likeness (QED) is 0.277. The second kappa shape index (κ2) is 9.02. The summed E-state index contributed by atoms with van der Waals surface area (Å²) in [6, 6.07) is 13.1. The van der Waals surface area contributed by atoms with Crippen molar-refractivity contribution in [2.75, 3.05) is 20.8 Å². The average molecular weight is 502 g/mol. The summed E-state index contributed by atoms with van der Waals surface area (Å²) in [4.78, 5) is 0. The van der Waals surface area contributed by atoms with Crippen LogP contribution in [0.2, 0.25) is 0 Å². The number of benzene rings is 2. The fourth-order valence-electron chi connectivity index (χ4n) is 4.78. The third kappa shape index (κ3) is 3.78. The lowest BCUT2D eigenvalue weighted by atomic mass is 9.67. The van der Waals surface area contributed by atoms with Crippen molar-refractivity contribution < 1.29 is 14.2 Å². The van der Waals surface area contributed by atoms with E-state index in [1.54, 1.807) is 20.5 Å². The van der Waals surface area contributed by atoms with Gasteiger partial charge in [0.1, 0.15) is 6.61 Å². The Morgan fingerprint density at radius 3 is 2.52 bits per heavy atom. The predicted molar refractivity (Wildman–Crippen MR) is 127 cm³/mol. The minimum absolute atomic E-state index is 0.248. The Hall–Kier alpha value is -1.63. The Kier molecular flexibility index (Phi) is 6.42. The second-order valence-corrected chi connectivity index (χ2v) is 9.06. The highest BCUT2D eigenvalue weighted by molar-refractivity contribution is 14.1. The van der Waals surface area contributed by atoms with E-state index in [0.29, 0.717) is 9.84 Å². The molecular formula is C25H27IO3. The molecule has 1 heterocycles. The summed E-state index contributed by atoms with van der Waals surface area (Å²) in [5, 5.41) is 2.60. The fourth-order valence-corrected chi connectivity index (χ4v) is 6.04. The summed E-state index contributed by atoms with van der Waals surface area (Å²) in [5.41, 5.74) is 2.69. The van der Waals surface area contributed by atoms with Crippen LogP contribution >= 0.6 is 22.6 Å². The Balaban J connectivity index is 0.000000294. The lowest BCUT2D eigenvalue weighted by molar-refractivity contribution is -0.234. The maximum atomic E-state index is 6.01. The zero-order chi connectivity index (χ0) is 20.3. The Morgan fingerprint density at radius 2 is 1.86 bits per heavy atom. The summed E-state index contributed by atoms with van der Waals surface area (Å²) in [5.74, 6) is 0.179. The van der Waals surface area contributed by atoms with Crippen molar-refractivity contribution in [2.45, 2.75) is 28.5 Å². The minimum Gasteiger partial charge on any atom is -0.497 e. The predicted octanol–water partition coefficient (Wildman–Crippen LogP) is 6.24. The number of hydrogen-bond acceptors (Lipinski definition) is 3. The van der Waals surface area contributed by atoms with Crippen LogP contribution in [0.15, 0.2) is 67.0 Å². The van der Waals surface area contributed by atoms with Crippen LogP contribution in [0, 0.1) is 5.92 Å². The van der Waals surface area contributed by atoms with Crippen LogP contribution in [0.1, 0.15) is 29.9 Å². The first-order valence-electron chi connectivity index (χ1n) is 10.1. The van der Waals surface area contributed by atoms with Gasteiger partial charge in [-0.05, 0) is 52.8 Å². The molecule has 0 saturated heterocycles. The molecule has 0 amide bonds. The molecular weight excluding hydrogens is 475 g/mol. The number of ether oxygens (including phenoxy) is 3. The fraction of sp³-hybridized carbons (Fsp3) is 0.360. The molecule has 5 rings (SSSR count). The molecule has 2 aliphatic carbocycles. The largest absolute Gasteiger partial charge is 0.497 e. The van der Waals surface area contributed by atoms with Crippen molar-refractivity contribution in [3.63, 3.8) is 0 Å². The Labute approximate surface area is 186 Å². The monoisotopic (exact) mass is 502 g/mol. The molecule has 1 fully saturated rings. The first-order chi connectivity index (χ1) is 14.2. The van der Waals surface area contributed by atoms with Crippen molar-refractivity contribution in [2.24, 2.45) is 5.92 Å². The van der Waals surface area contributed by atoms with E-state index in [2.05, 4.69) is 71.1 Å². The number of allylic oxidation sites excluding steroid dienone is 3. The van der Waals surface area contributed by atoms with Gasteiger partial charge in [-0.3, -0.25) is 0 Å². The van der Waals surface area contributed by atoms with E-state index in [1.807, 2.05) is 18.2 Å². The van der Waals surface area contributed by atoms with Gasteiger partial charge in [-0.25, -0.2) is 0 Å². The Morgan fingerprint density at radius 1 is 1.03 bits per heavy atom. The van der Waals surface area contributed by atoms with Gasteiger partial charge in [-0.2, -0.15) is 0 Å².